The van der Waals surface area contributed by atoms with Gasteiger partial charge in [-0.1, -0.05) is 50.2 Å². The van der Waals surface area contributed by atoms with Crippen LogP contribution >= 0.6 is 7.29 Å². The summed E-state index contributed by atoms with van der Waals surface area (Å²) in [5, 5.41) is 0.724. The summed E-state index contributed by atoms with van der Waals surface area (Å²) in [5.74, 6) is -0.105. The number of hydrogen-bond donors (Lipinski definition) is 0. The smallest absolute Gasteiger partial charge is 0.323 e. The van der Waals surface area contributed by atoms with Crippen LogP contribution in [-0.4, -0.2) is 35.4 Å². The summed E-state index contributed by atoms with van der Waals surface area (Å²) in [4.78, 5) is 16.7. The molecule has 2 aromatic rings. The summed E-state index contributed by atoms with van der Waals surface area (Å²) in [5.41, 5.74) is 0.906. The van der Waals surface area contributed by atoms with Crippen molar-refractivity contribution >= 4 is 18.6 Å². The Morgan fingerprint density at radius 3 is 2.42 bits per heavy atom. The van der Waals surface area contributed by atoms with Gasteiger partial charge in [0.25, 0.3) is 0 Å². The van der Waals surface area contributed by atoms with Crippen molar-refractivity contribution in [2.45, 2.75) is 32.9 Å². The average Bonchev–Trinajstić information content (AvgIpc) is 2.65. The number of esters is 1. The maximum atomic E-state index is 13.9. The SMILES string of the molecule is COC(=O)[C@@H](CC(C)C)N(Cc1cccnc1)[P@](C)(=O)c1ccccc1. The number of ether oxygens (including phenoxy) is 1. The highest BCUT2D eigenvalue weighted by molar-refractivity contribution is 7.68. The number of carbonyl (C=O) groups excluding carboxylic acids is 1. The highest BCUT2D eigenvalue weighted by Gasteiger charge is 2.38. The van der Waals surface area contributed by atoms with E-state index in [2.05, 4.69) is 4.98 Å². The van der Waals surface area contributed by atoms with Crippen molar-refractivity contribution in [1.82, 2.24) is 9.65 Å². The molecule has 1 heterocycles. The first-order valence-corrected chi connectivity index (χ1v) is 10.8. The van der Waals surface area contributed by atoms with Crippen molar-refractivity contribution in [1.29, 1.82) is 0 Å². The molecule has 0 radical (unpaired) electrons. The Kier molecular flexibility index (Phi) is 7.13. The standard InChI is InChI=1S/C20H27N2O3P/c1-16(2)13-19(20(23)25-3)22(15-17-9-8-12-21-14-17)26(4,24)18-10-6-5-7-11-18/h5-12,14,16,19H,13,15H2,1-4H3/t19-,26-/m1/s1. The zero-order valence-corrected chi connectivity index (χ0v) is 16.7. The van der Waals surface area contributed by atoms with E-state index in [0.29, 0.717) is 13.0 Å². The first kappa shape index (κ1) is 20.3. The Bertz CT molecular complexity index is 750. The third-order valence-electron chi connectivity index (χ3n) is 4.32. The van der Waals surface area contributed by atoms with Crippen LogP contribution in [0.3, 0.4) is 0 Å². The second kappa shape index (κ2) is 9.11. The monoisotopic (exact) mass is 374 g/mol. The van der Waals surface area contributed by atoms with Crippen molar-refractivity contribution in [2.24, 2.45) is 5.92 Å². The summed E-state index contributed by atoms with van der Waals surface area (Å²) in [6.07, 6.45) is 4.00. The van der Waals surface area contributed by atoms with Crippen LogP contribution in [0.1, 0.15) is 25.8 Å². The van der Waals surface area contributed by atoms with Crippen LogP contribution in [-0.2, 0) is 20.6 Å². The summed E-state index contributed by atoms with van der Waals surface area (Å²) in [7, 11) is -1.62. The quantitative estimate of drug-likeness (QED) is 0.521. The van der Waals surface area contributed by atoms with Crippen LogP contribution in [0.5, 0.6) is 0 Å². The lowest BCUT2D eigenvalue weighted by Crippen LogP contribution is -2.42. The van der Waals surface area contributed by atoms with Crippen LogP contribution in [0, 0.1) is 5.92 Å². The Labute approximate surface area is 155 Å². The van der Waals surface area contributed by atoms with Gasteiger partial charge in [-0.3, -0.25) is 9.78 Å². The van der Waals surface area contributed by atoms with Crippen molar-refractivity contribution < 1.29 is 14.1 Å². The van der Waals surface area contributed by atoms with Gasteiger partial charge in [0, 0.05) is 30.9 Å². The minimum atomic E-state index is -3.00. The molecule has 0 aliphatic rings. The van der Waals surface area contributed by atoms with E-state index in [9.17, 15) is 9.36 Å². The molecular formula is C20H27N2O3P. The van der Waals surface area contributed by atoms with Gasteiger partial charge in [-0.2, -0.15) is 0 Å². The molecule has 1 aromatic heterocycles. The fraction of sp³-hybridized carbons (Fsp3) is 0.400. The number of methoxy groups -OCH3 is 1. The normalized spacial score (nSPS) is 14.8. The minimum Gasteiger partial charge on any atom is -0.468 e. The molecular weight excluding hydrogens is 347 g/mol. The lowest BCUT2D eigenvalue weighted by molar-refractivity contribution is -0.145. The van der Waals surface area contributed by atoms with Crippen LogP contribution in [0.2, 0.25) is 0 Å². The molecule has 2 atom stereocenters. The van der Waals surface area contributed by atoms with Crippen molar-refractivity contribution in [3.8, 4) is 0 Å². The van der Waals surface area contributed by atoms with Gasteiger partial charge in [0.2, 0.25) is 0 Å². The Hall–Kier alpha value is -1.97. The van der Waals surface area contributed by atoms with E-state index < -0.39 is 13.3 Å². The molecule has 0 unspecified atom stereocenters. The van der Waals surface area contributed by atoms with Crippen molar-refractivity contribution in [2.75, 3.05) is 13.8 Å². The Morgan fingerprint density at radius 1 is 1.19 bits per heavy atom. The lowest BCUT2D eigenvalue weighted by Gasteiger charge is -2.35. The third-order valence-corrected chi connectivity index (χ3v) is 6.98. The van der Waals surface area contributed by atoms with E-state index in [1.807, 2.05) is 56.3 Å². The van der Waals surface area contributed by atoms with E-state index >= 15 is 0 Å². The predicted molar refractivity (Wildman–Crippen MR) is 105 cm³/mol. The molecule has 2 rings (SSSR count). The Morgan fingerprint density at radius 2 is 1.88 bits per heavy atom. The highest BCUT2D eigenvalue weighted by Crippen LogP contribution is 2.48. The maximum absolute atomic E-state index is 13.9. The summed E-state index contributed by atoms with van der Waals surface area (Å²) < 4.78 is 20.7. The van der Waals surface area contributed by atoms with E-state index in [0.717, 1.165) is 10.9 Å². The van der Waals surface area contributed by atoms with Gasteiger partial charge in [-0.15, -0.1) is 0 Å². The molecule has 0 aliphatic heterocycles. The fourth-order valence-corrected chi connectivity index (χ4v) is 5.14. The topological polar surface area (TPSA) is 59.5 Å². The molecule has 0 aliphatic carbocycles. The summed E-state index contributed by atoms with van der Waals surface area (Å²) >= 11 is 0. The number of rotatable bonds is 8. The highest BCUT2D eigenvalue weighted by atomic mass is 31.2. The molecule has 0 bridgehead atoms. The van der Waals surface area contributed by atoms with Crippen molar-refractivity contribution in [3.63, 3.8) is 0 Å². The van der Waals surface area contributed by atoms with Gasteiger partial charge < -0.3 is 9.30 Å². The number of benzene rings is 1. The van der Waals surface area contributed by atoms with E-state index in [-0.39, 0.29) is 11.9 Å². The molecule has 0 saturated carbocycles. The van der Waals surface area contributed by atoms with Crippen molar-refractivity contribution in [3.05, 3.63) is 60.4 Å². The average molecular weight is 374 g/mol. The zero-order valence-electron chi connectivity index (χ0n) is 15.8. The molecule has 5 nitrogen and oxygen atoms in total. The van der Waals surface area contributed by atoms with Crippen LogP contribution in [0.4, 0.5) is 0 Å². The molecule has 0 amide bonds. The lowest BCUT2D eigenvalue weighted by atomic mass is 10.0. The molecule has 0 saturated heterocycles. The zero-order chi connectivity index (χ0) is 19.2. The first-order valence-electron chi connectivity index (χ1n) is 8.73. The molecule has 6 heteroatoms. The van der Waals surface area contributed by atoms with Gasteiger partial charge in [0.05, 0.1) is 7.11 Å². The van der Waals surface area contributed by atoms with Crippen LogP contribution in [0.25, 0.3) is 0 Å². The first-order chi connectivity index (χ1) is 12.4. The van der Waals surface area contributed by atoms with E-state index in [1.54, 1.807) is 23.7 Å². The Balaban J connectivity index is 2.49. The fourth-order valence-electron chi connectivity index (χ4n) is 2.96. The van der Waals surface area contributed by atoms with E-state index in [1.165, 1.54) is 7.11 Å². The second-order valence-corrected chi connectivity index (χ2v) is 9.63. The number of hydrogen-bond acceptors (Lipinski definition) is 4. The number of carbonyl (C=O) groups is 1. The minimum absolute atomic E-state index is 0.256. The molecule has 140 valence electrons. The van der Waals surface area contributed by atoms with Gasteiger partial charge >= 0.3 is 5.97 Å². The largest absolute Gasteiger partial charge is 0.468 e. The number of pyridine rings is 1. The van der Waals surface area contributed by atoms with Gasteiger partial charge in [-0.05, 0) is 24.0 Å². The van der Waals surface area contributed by atoms with Crippen LogP contribution < -0.4 is 5.30 Å². The molecule has 1 aromatic carbocycles. The molecule has 0 spiro atoms. The molecule has 0 N–H and O–H groups in total. The van der Waals surface area contributed by atoms with E-state index in [4.69, 9.17) is 4.74 Å². The second-order valence-electron chi connectivity index (χ2n) is 6.84. The number of aromatic nitrogens is 1. The summed E-state index contributed by atoms with van der Waals surface area (Å²) in [6, 6.07) is 12.5. The predicted octanol–water partition coefficient (Wildman–Crippen LogP) is 3.70. The van der Waals surface area contributed by atoms with Gasteiger partial charge in [-0.25, -0.2) is 4.67 Å². The van der Waals surface area contributed by atoms with Gasteiger partial charge in [0.15, 0.2) is 7.29 Å². The summed E-state index contributed by atoms with van der Waals surface area (Å²) in [6.45, 7) is 6.17. The number of nitrogens with zero attached hydrogens (tertiary/aromatic N) is 2. The molecule has 26 heavy (non-hydrogen) atoms. The van der Waals surface area contributed by atoms with Gasteiger partial charge in [0.1, 0.15) is 6.04 Å². The third kappa shape index (κ3) is 5.03. The maximum Gasteiger partial charge on any atom is 0.323 e. The molecule has 0 fully saturated rings. The van der Waals surface area contributed by atoms with Crippen LogP contribution in [0.15, 0.2) is 54.9 Å².